The van der Waals surface area contributed by atoms with E-state index in [2.05, 4.69) is 78.1 Å². The Bertz CT molecular complexity index is 910. The number of nitrogens with zero attached hydrogens (tertiary/aromatic N) is 2. The summed E-state index contributed by atoms with van der Waals surface area (Å²) in [6.07, 6.45) is 9.95. The molecule has 4 rings (SSSR count). The molecule has 1 fully saturated rings. The molecule has 0 aliphatic heterocycles. The third-order valence-electron chi connectivity index (χ3n) is 6.87. The molecule has 0 radical (unpaired) electrons. The van der Waals surface area contributed by atoms with Gasteiger partial charge in [0.1, 0.15) is 11.6 Å². The summed E-state index contributed by atoms with van der Waals surface area (Å²) >= 11 is 0. The Morgan fingerprint density at radius 2 is 1.59 bits per heavy atom. The van der Waals surface area contributed by atoms with Gasteiger partial charge < -0.3 is 9.97 Å². The van der Waals surface area contributed by atoms with E-state index in [0.29, 0.717) is 23.7 Å². The van der Waals surface area contributed by atoms with Crippen LogP contribution in [0.15, 0.2) is 36.7 Å². The van der Waals surface area contributed by atoms with Crippen molar-refractivity contribution in [2.45, 2.75) is 77.6 Å². The van der Waals surface area contributed by atoms with Crippen LogP contribution < -0.4 is 0 Å². The number of aryl methyl sites for hydroxylation is 1. The maximum Gasteiger partial charge on any atom is 0.109 e. The van der Waals surface area contributed by atoms with Crippen LogP contribution in [-0.4, -0.2) is 19.9 Å². The van der Waals surface area contributed by atoms with Crippen molar-refractivity contribution < 1.29 is 0 Å². The smallest absolute Gasteiger partial charge is 0.109 e. The number of aromatic amines is 2. The van der Waals surface area contributed by atoms with Crippen molar-refractivity contribution in [2.24, 2.45) is 5.92 Å². The van der Waals surface area contributed by atoms with E-state index in [1.54, 1.807) is 0 Å². The van der Waals surface area contributed by atoms with Crippen molar-refractivity contribution in [3.8, 4) is 11.3 Å². The van der Waals surface area contributed by atoms with Crippen LogP contribution in [-0.2, 0) is 6.42 Å². The molecule has 3 aromatic rings. The lowest BCUT2D eigenvalue weighted by atomic mass is 9.77. The summed E-state index contributed by atoms with van der Waals surface area (Å²) in [5.74, 6) is 4.60. The zero-order valence-electron chi connectivity index (χ0n) is 18.2. The molecule has 0 amide bonds. The van der Waals surface area contributed by atoms with Crippen LogP contribution >= 0.6 is 0 Å². The van der Waals surface area contributed by atoms with Gasteiger partial charge in [0.05, 0.1) is 11.9 Å². The van der Waals surface area contributed by atoms with E-state index in [-0.39, 0.29) is 0 Å². The van der Waals surface area contributed by atoms with Crippen molar-refractivity contribution in [1.82, 2.24) is 19.9 Å². The monoisotopic (exact) mass is 390 g/mol. The predicted octanol–water partition coefficient (Wildman–Crippen LogP) is 6.56. The molecule has 1 aliphatic rings. The highest BCUT2D eigenvalue weighted by Gasteiger charge is 2.25. The average molecular weight is 391 g/mol. The molecular formula is C25H34N4. The molecule has 1 aromatic carbocycles. The molecule has 1 atom stereocenters. The van der Waals surface area contributed by atoms with Crippen molar-refractivity contribution in [1.29, 1.82) is 0 Å². The van der Waals surface area contributed by atoms with Crippen molar-refractivity contribution >= 4 is 0 Å². The molecule has 1 unspecified atom stereocenters. The van der Waals surface area contributed by atoms with Gasteiger partial charge in [-0.15, -0.1) is 0 Å². The number of hydrogen-bond acceptors (Lipinski definition) is 2. The minimum atomic E-state index is 0.488. The molecule has 2 aromatic heterocycles. The van der Waals surface area contributed by atoms with Crippen LogP contribution in [0, 0.1) is 5.92 Å². The number of nitrogens with one attached hydrogen (secondary N) is 2. The van der Waals surface area contributed by atoms with Crippen molar-refractivity contribution in [3.05, 3.63) is 59.6 Å². The summed E-state index contributed by atoms with van der Waals surface area (Å²) in [7, 11) is 0. The van der Waals surface area contributed by atoms with Gasteiger partial charge in [-0.1, -0.05) is 52.0 Å². The number of rotatable bonds is 6. The molecule has 2 N–H and O–H groups in total. The van der Waals surface area contributed by atoms with E-state index in [1.807, 2.05) is 6.20 Å². The second kappa shape index (κ2) is 8.56. The molecule has 2 heterocycles. The lowest BCUT2D eigenvalue weighted by Crippen LogP contribution is -2.12. The summed E-state index contributed by atoms with van der Waals surface area (Å²) in [6.45, 7) is 8.91. The van der Waals surface area contributed by atoms with Crippen LogP contribution in [0.25, 0.3) is 11.3 Å². The topological polar surface area (TPSA) is 57.4 Å². The first kappa shape index (κ1) is 19.9. The minimum absolute atomic E-state index is 0.488. The SMILES string of the molecule is CCc1ncc(-c2ccc(C3CCC(c4cnc(C(C)C(C)C)[nH]4)CC3)cc2)[nH]1. The molecule has 154 valence electrons. The van der Waals surface area contributed by atoms with Gasteiger partial charge in [-0.2, -0.15) is 0 Å². The molecular weight excluding hydrogens is 356 g/mol. The summed E-state index contributed by atoms with van der Waals surface area (Å²) in [4.78, 5) is 16.1. The molecule has 29 heavy (non-hydrogen) atoms. The number of aromatic nitrogens is 4. The Kier molecular flexibility index (Phi) is 5.89. The predicted molar refractivity (Wildman–Crippen MR) is 119 cm³/mol. The maximum atomic E-state index is 4.67. The fourth-order valence-corrected chi connectivity index (χ4v) is 4.47. The fraction of sp³-hybridized carbons (Fsp3) is 0.520. The Morgan fingerprint density at radius 1 is 0.897 bits per heavy atom. The minimum Gasteiger partial charge on any atom is -0.345 e. The quantitative estimate of drug-likeness (QED) is 0.500. The van der Waals surface area contributed by atoms with Crippen LogP contribution in [0.2, 0.25) is 0 Å². The van der Waals surface area contributed by atoms with Crippen LogP contribution in [0.1, 0.15) is 94.0 Å². The third kappa shape index (κ3) is 4.31. The van der Waals surface area contributed by atoms with Crippen LogP contribution in [0.4, 0.5) is 0 Å². The largest absolute Gasteiger partial charge is 0.345 e. The molecule has 1 saturated carbocycles. The highest BCUT2D eigenvalue weighted by Crippen LogP contribution is 2.40. The van der Waals surface area contributed by atoms with Crippen LogP contribution in [0.5, 0.6) is 0 Å². The Hall–Kier alpha value is -2.36. The number of H-pyrrole nitrogens is 2. The maximum absolute atomic E-state index is 4.67. The van der Waals surface area contributed by atoms with Gasteiger partial charge in [-0.3, -0.25) is 0 Å². The second-order valence-electron chi connectivity index (χ2n) is 9.02. The standard InChI is InChI=1S/C25H34N4/c1-5-24-26-14-22(28-24)20-10-6-18(7-11-20)19-8-12-21(13-9-19)23-15-27-25(29-23)17(4)16(2)3/h6-7,10-11,14-17,19,21H,5,8-9,12-13H2,1-4H3,(H,26,28)(H,27,29). The number of benzene rings is 1. The molecule has 0 saturated heterocycles. The second-order valence-corrected chi connectivity index (χ2v) is 9.02. The average Bonchev–Trinajstić information content (AvgIpc) is 3.43. The van der Waals surface area contributed by atoms with Gasteiger partial charge in [-0.25, -0.2) is 9.97 Å². The molecule has 4 heteroatoms. The third-order valence-corrected chi connectivity index (χ3v) is 6.87. The van der Waals surface area contributed by atoms with Gasteiger partial charge in [0.15, 0.2) is 0 Å². The van der Waals surface area contributed by atoms with Crippen LogP contribution in [0.3, 0.4) is 0 Å². The highest BCUT2D eigenvalue weighted by molar-refractivity contribution is 5.59. The molecule has 4 nitrogen and oxygen atoms in total. The zero-order chi connectivity index (χ0) is 20.4. The van der Waals surface area contributed by atoms with E-state index < -0.39 is 0 Å². The Balaban J connectivity index is 1.37. The summed E-state index contributed by atoms with van der Waals surface area (Å²) in [5, 5.41) is 0. The van der Waals surface area contributed by atoms with Gasteiger partial charge in [0, 0.05) is 30.1 Å². The number of hydrogen-bond donors (Lipinski definition) is 2. The molecule has 0 bridgehead atoms. The highest BCUT2D eigenvalue weighted by atomic mass is 14.9. The van der Waals surface area contributed by atoms with E-state index in [1.165, 1.54) is 42.5 Å². The lowest BCUT2D eigenvalue weighted by molar-refractivity contribution is 0.391. The van der Waals surface area contributed by atoms with Crippen molar-refractivity contribution in [2.75, 3.05) is 0 Å². The Labute approximate surface area is 174 Å². The summed E-state index contributed by atoms with van der Waals surface area (Å²) in [5.41, 5.74) is 5.15. The first-order valence-electron chi connectivity index (χ1n) is 11.2. The van der Waals surface area contributed by atoms with E-state index in [9.17, 15) is 0 Å². The first-order valence-corrected chi connectivity index (χ1v) is 11.2. The van der Waals surface area contributed by atoms with E-state index >= 15 is 0 Å². The Morgan fingerprint density at radius 3 is 2.21 bits per heavy atom. The lowest BCUT2D eigenvalue weighted by Gasteiger charge is -2.28. The van der Waals surface area contributed by atoms with Crippen molar-refractivity contribution in [3.63, 3.8) is 0 Å². The van der Waals surface area contributed by atoms with Gasteiger partial charge in [0.2, 0.25) is 0 Å². The molecule has 1 aliphatic carbocycles. The zero-order valence-corrected chi connectivity index (χ0v) is 18.2. The normalized spacial score (nSPS) is 20.9. The van der Waals surface area contributed by atoms with E-state index in [4.69, 9.17) is 0 Å². The van der Waals surface area contributed by atoms with Gasteiger partial charge in [-0.05, 0) is 48.6 Å². The molecule has 0 spiro atoms. The summed E-state index contributed by atoms with van der Waals surface area (Å²) in [6, 6.07) is 9.10. The van der Waals surface area contributed by atoms with E-state index in [0.717, 1.165) is 23.8 Å². The van der Waals surface area contributed by atoms with Gasteiger partial charge in [0.25, 0.3) is 0 Å². The fourth-order valence-electron chi connectivity index (χ4n) is 4.47. The first-order chi connectivity index (χ1) is 14.0. The van der Waals surface area contributed by atoms with Gasteiger partial charge >= 0.3 is 0 Å². The number of imidazole rings is 2. The summed E-state index contributed by atoms with van der Waals surface area (Å²) < 4.78 is 0.